The molecule has 0 aromatic rings. The number of unbranched alkanes of at least 4 members (excludes halogenated alkanes) is 10. The lowest BCUT2D eigenvalue weighted by Crippen LogP contribution is -2.26. The van der Waals surface area contributed by atoms with E-state index < -0.39 is 0 Å². The quantitative estimate of drug-likeness (QED) is 0.236. The third kappa shape index (κ3) is 19.8. The molecule has 0 atom stereocenters. The Morgan fingerprint density at radius 1 is 0.840 bits per heavy atom. The van der Waals surface area contributed by atoms with Gasteiger partial charge in [-0.2, -0.15) is 0 Å². The molecule has 0 saturated carbocycles. The van der Waals surface area contributed by atoms with E-state index >= 15 is 0 Å². The third-order valence-corrected chi connectivity index (χ3v) is 4.53. The SMILES string of the molecule is Br.C=C(C)C(=O)NCCCCN(C)CCCCCCCCCCCC. The van der Waals surface area contributed by atoms with Crippen molar-refractivity contribution in [3.63, 3.8) is 0 Å². The molecule has 0 aromatic carbocycles. The predicted molar refractivity (Wildman–Crippen MR) is 117 cm³/mol. The summed E-state index contributed by atoms with van der Waals surface area (Å²) in [5, 5.41) is 2.89. The largest absolute Gasteiger partial charge is 0.352 e. The minimum Gasteiger partial charge on any atom is -0.352 e. The third-order valence-electron chi connectivity index (χ3n) is 4.53. The zero-order chi connectivity index (χ0) is 18.0. The molecule has 0 aliphatic heterocycles. The van der Waals surface area contributed by atoms with Gasteiger partial charge in [0.15, 0.2) is 0 Å². The van der Waals surface area contributed by atoms with Gasteiger partial charge in [-0.1, -0.05) is 71.3 Å². The van der Waals surface area contributed by atoms with Gasteiger partial charge in [-0.25, -0.2) is 0 Å². The van der Waals surface area contributed by atoms with Gasteiger partial charge in [0.05, 0.1) is 0 Å². The topological polar surface area (TPSA) is 32.3 Å². The molecule has 0 rings (SSSR count). The van der Waals surface area contributed by atoms with Crippen molar-refractivity contribution in [2.24, 2.45) is 0 Å². The lowest BCUT2D eigenvalue weighted by molar-refractivity contribution is -0.117. The normalized spacial score (nSPS) is 10.6. The van der Waals surface area contributed by atoms with Gasteiger partial charge in [0.25, 0.3) is 0 Å². The molecule has 0 heterocycles. The molecule has 0 saturated heterocycles. The smallest absolute Gasteiger partial charge is 0.246 e. The van der Waals surface area contributed by atoms with E-state index in [2.05, 4.69) is 30.8 Å². The van der Waals surface area contributed by atoms with E-state index in [1.165, 1.54) is 70.8 Å². The molecule has 0 aliphatic carbocycles. The van der Waals surface area contributed by atoms with E-state index in [0.29, 0.717) is 5.57 Å². The maximum absolute atomic E-state index is 11.3. The van der Waals surface area contributed by atoms with Crippen molar-refractivity contribution in [1.82, 2.24) is 10.2 Å². The van der Waals surface area contributed by atoms with Gasteiger partial charge in [-0.05, 0) is 46.3 Å². The predicted octanol–water partition coefficient (Wildman–Crippen LogP) is 5.89. The standard InChI is InChI=1S/C21H42N2O.BrH/c1-5-6-7-8-9-10-11-12-13-15-18-23(4)19-16-14-17-22-21(24)20(2)3;/h2,5-19H2,1,3-4H3,(H,22,24);1H. The van der Waals surface area contributed by atoms with Gasteiger partial charge in [0.1, 0.15) is 0 Å². The molecule has 4 heteroatoms. The minimum atomic E-state index is -0.0197. The molecule has 0 aromatic heterocycles. The Balaban J connectivity index is 0. The van der Waals surface area contributed by atoms with Gasteiger partial charge in [0.2, 0.25) is 5.91 Å². The second-order valence-electron chi connectivity index (χ2n) is 7.23. The number of hydrogen-bond donors (Lipinski definition) is 1. The molecule has 0 aliphatic rings. The van der Waals surface area contributed by atoms with Crippen molar-refractivity contribution >= 4 is 22.9 Å². The Morgan fingerprint density at radius 2 is 1.28 bits per heavy atom. The first-order chi connectivity index (χ1) is 11.6. The molecule has 25 heavy (non-hydrogen) atoms. The monoisotopic (exact) mass is 418 g/mol. The molecule has 0 radical (unpaired) electrons. The second kappa shape index (κ2) is 20.0. The van der Waals surface area contributed by atoms with E-state index in [0.717, 1.165) is 25.9 Å². The zero-order valence-corrected chi connectivity index (χ0v) is 18.8. The highest BCUT2D eigenvalue weighted by molar-refractivity contribution is 8.93. The van der Waals surface area contributed by atoms with Crippen molar-refractivity contribution in [2.45, 2.75) is 90.9 Å². The van der Waals surface area contributed by atoms with Crippen LogP contribution in [0.1, 0.15) is 90.9 Å². The summed E-state index contributed by atoms with van der Waals surface area (Å²) in [5.41, 5.74) is 0.591. The highest BCUT2D eigenvalue weighted by Crippen LogP contribution is 2.10. The fraction of sp³-hybridized carbons (Fsp3) is 0.857. The van der Waals surface area contributed by atoms with E-state index in [1.807, 2.05) is 0 Å². The Labute approximate surface area is 167 Å². The summed E-state index contributed by atoms with van der Waals surface area (Å²) in [5.74, 6) is -0.0197. The molecule has 0 spiro atoms. The lowest BCUT2D eigenvalue weighted by Gasteiger charge is -2.16. The average molecular weight is 419 g/mol. The molecule has 3 nitrogen and oxygen atoms in total. The highest BCUT2D eigenvalue weighted by atomic mass is 79.9. The molecule has 0 unspecified atom stereocenters. The number of nitrogens with zero attached hydrogens (tertiary/aromatic N) is 1. The van der Waals surface area contributed by atoms with E-state index in [9.17, 15) is 4.79 Å². The van der Waals surface area contributed by atoms with Crippen LogP contribution in [-0.2, 0) is 4.79 Å². The summed E-state index contributed by atoms with van der Waals surface area (Å²) >= 11 is 0. The molecule has 0 bridgehead atoms. The maximum atomic E-state index is 11.3. The van der Waals surface area contributed by atoms with Crippen LogP contribution in [0.4, 0.5) is 0 Å². The Kier molecular flexibility index (Phi) is 21.5. The van der Waals surface area contributed by atoms with E-state index in [-0.39, 0.29) is 22.9 Å². The first kappa shape index (κ1) is 26.9. The van der Waals surface area contributed by atoms with Crippen LogP contribution in [0.3, 0.4) is 0 Å². The number of amides is 1. The van der Waals surface area contributed by atoms with Crippen LogP contribution in [-0.4, -0.2) is 37.5 Å². The number of carbonyl (C=O) groups excluding carboxylic acids is 1. The number of halogens is 1. The van der Waals surface area contributed by atoms with Gasteiger partial charge in [-0.3, -0.25) is 4.79 Å². The molecular formula is C21H43BrN2O. The average Bonchev–Trinajstić information content (AvgIpc) is 2.55. The van der Waals surface area contributed by atoms with Crippen LogP contribution in [0.5, 0.6) is 0 Å². The molecule has 0 fully saturated rings. The van der Waals surface area contributed by atoms with Crippen LogP contribution in [0.15, 0.2) is 12.2 Å². The Morgan fingerprint density at radius 3 is 1.76 bits per heavy atom. The van der Waals surface area contributed by atoms with Gasteiger partial charge < -0.3 is 10.2 Å². The first-order valence-corrected chi connectivity index (χ1v) is 10.2. The summed E-state index contributed by atoms with van der Waals surface area (Å²) in [6, 6.07) is 0. The number of carbonyl (C=O) groups is 1. The summed E-state index contributed by atoms with van der Waals surface area (Å²) in [6.07, 6.45) is 16.2. The number of nitrogens with one attached hydrogen (secondary N) is 1. The maximum Gasteiger partial charge on any atom is 0.246 e. The van der Waals surface area contributed by atoms with E-state index in [4.69, 9.17) is 0 Å². The van der Waals surface area contributed by atoms with Gasteiger partial charge >= 0.3 is 0 Å². The summed E-state index contributed by atoms with van der Waals surface area (Å²) in [7, 11) is 2.21. The highest BCUT2D eigenvalue weighted by Gasteiger charge is 2.01. The van der Waals surface area contributed by atoms with Crippen LogP contribution < -0.4 is 5.32 Å². The van der Waals surface area contributed by atoms with Gasteiger partial charge in [0, 0.05) is 12.1 Å². The summed E-state index contributed by atoms with van der Waals surface area (Å²) in [6.45, 7) is 10.8. The molecular weight excluding hydrogens is 376 g/mol. The molecule has 1 amide bonds. The van der Waals surface area contributed by atoms with Crippen molar-refractivity contribution in [2.75, 3.05) is 26.7 Å². The Bertz CT molecular complexity index is 321. The van der Waals surface area contributed by atoms with Crippen molar-refractivity contribution in [3.8, 4) is 0 Å². The van der Waals surface area contributed by atoms with Crippen molar-refractivity contribution in [3.05, 3.63) is 12.2 Å². The summed E-state index contributed by atoms with van der Waals surface area (Å²) < 4.78 is 0. The first-order valence-electron chi connectivity index (χ1n) is 10.2. The van der Waals surface area contributed by atoms with E-state index in [1.54, 1.807) is 6.92 Å². The molecule has 1 N–H and O–H groups in total. The fourth-order valence-electron chi connectivity index (χ4n) is 2.84. The van der Waals surface area contributed by atoms with Crippen molar-refractivity contribution in [1.29, 1.82) is 0 Å². The zero-order valence-electron chi connectivity index (χ0n) is 17.1. The number of rotatable bonds is 17. The fourth-order valence-corrected chi connectivity index (χ4v) is 2.84. The number of hydrogen-bond acceptors (Lipinski definition) is 2. The van der Waals surface area contributed by atoms with Crippen LogP contribution in [0.2, 0.25) is 0 Å². The minimum absolute atomic E-state index is 0. The molecule has 150 valence electrons. The Hall–Kier alpha value is -0.350. The lowest BCUT2D eigenvalue weighted by atomic mass is 10.1. The summed E-state index contributed by atoms with van der Waals surface area (Å²) in [4.78, 5) is 13.8. The van der Waals surface area contributed by atoms with Crippen LogP contribution >= 0.6 is 17.0 Å². The van der Waals surface area contributed by atoms with Crippen LogP contribution in [0.25, 0.3) is 0 Å². The van der Waals surface area contributed by atoms with Gasteiger partial charge in [-0.15, -0.1) is 17.0 Å². The second-order valence-corrected chi connectivity index (χ2v) is 7.23. The van der Waals surface area contributed by atoms with Crippen molar-refractivity contribution < 1.29 is 4.79 Å². The van der Waals surface area contributed by atoms with Crippen LogP contribution in [0, 0.1) is 0 Å².